The number of amides is 2. The van der Waals surface area contributed by atoms with Crippen LogP contribution in [0.4, 0.5) is 13.9 Å². The molecule has 9 heteroatoms. The van der Waals surface area contributed by atoms with Crippen molar-refractivity contribution < 1.29 is 18.4 Å². The zero-order valence-corrected chi connectivity index (χ0v) is 15.6. The molecular weight excluding hydrogens is 374 g/mol. The minimum absolute atomic E-state index is 0.130. The van der Waals surface area contributed by atoms with Crippen molar-refractivity contribution >= 4 is 28.3 Å². The summed E-state index contributed by atoms with van der Waals surface area (Å²) in [6.45, 7) is 3.05. The summed E-state index contributed by atoms with van der Waals surface area (Å²) in [7, 11) is 0. The number of thiazole rings is 1. The molecule has 1 aromatic heterocycles. The van der Waals surface area contributed by atoms with Gasteiger partial charge in [0.25, 0.3) is 0 Å². The molecule has 2 heterocycles. The van der Waals surface area contributed by atoms with Crippen LogP contribution < -0.4 is 11.1 Å². The first-order valence-electron chi connectivity index (χ1n) is 8.60. The van der Waals surface area contributed by atoms with Gasteiger partial charge in [0.15, 0.2) is 16.8 Å². The summed E-state index contributed by atoms with van der Waals surface area (Å²) < 4.78 is 26.4. The van der Waals surface area contributed by atoms with Crippen molar-refractivity contribution in [2.75, 3.05) is 18.4 Å². The Morgan fingerprint density at radius 3 is 2.63 bits per heavy atom. The molecule has 1 aliphatic rings. The second kappa shape index (κ2) is 8.10. The highest BCUT2D eigenvalue weighted by Crippen LogP contribution is 2.26. The lowest BCUT2D eigenvalue weighted by Gasteiger charge is -2.34. The number of nitrogens with one attached hydrogen (secondary N) is 1. The molecule has 1 unspecified atom stereocenters. The Balaban J connectivity index is 1.60. The maximum Gasteiger partial charge on any atom is 0.243 e. The molecule has 27 heavy (non-hydrogen) atoms. The molecule has 2 aromatic rings. The second-order valence-corrected chi connectivity index (χ2v) is 7.40. The van der Waals surface area contributed by atoms with Crippen molar-refractivity contribution in [3.05, 3.63) is 35.2 Å². The van der Waals surface area contributed by atoms with E-state index in [2.05, 4.69) is 10.3 Å². The fourth-order valence-electron chi connectivity index (χ4n) is 3.07. The topological polar surface area (TPSA) is 88.3 Å². The largest absolute Gasteiger partial charge is 0.369 e. The Hall–Kier alpha value is -2.39. The quantitative estimate of drug-likeness (QED) is 0.816. The molecule has 0 radical (unpaired) electrons. The lowest BCUT2D eigenvalue weighted by atomic mass is 9.95. The molecule has 3 N–H and O–H groups in total. The van der Waals surface area contributed by atoms with E-state index >= 15 is 0 Å². The minimum atomic E-state index is -0.945. The van der Waals surface area contributed by atoms with E-state index < -0.39 is 11.6 Å². The van der Waals surface area contributed by atoms with Crippen LogP contribution in [0.15, 0.2) is 23.6 Å². The number of likely N-dealkylation sites (tertiary alicyclic amines) is 1. The molecule has 1 fully saturated rings. The van der Waals surface area contributed by atoms with Crippen molar-refractivity contribution in [1.29, 1.82) is 0 Å². The predicted octanol–water partition coefficient (Wildman–Crippen LogP) is 2.61. The van der Waals surface area contributed by atoms with E-state index in [1.807, 2.05) is 4.90 Å². The maximum absolute atomic E-state index is 13.4. The molecular formula is C18H20F2N4O2S. The van der Waals surface area contributed by atoms with Gasteiger partial charge < -0.3 is 11.1 Å². The standard InChI is InChI=1S/C18H20F2N4O2S/c1-10(24-6-4-11(5-7-24)16(21)25)17(26)23-18-22-15(9-27-18)12-2-3-13(19)14(20)8-12/h2-3,8-11H,4-7H2,1H3,(H2,21,25)(H,22,23,26). The van der Waals surface area contributed by atoms with Crippen LogP contribution in [0, 0.1) is 17.6 Å². The number of piperidine rings is 1. The molecule has 2 amide bonds. The molecule has 1 atom stereocenters. The zero-order chi connectivity index (χ0) is 19.6. The first-order valence-corrected chi connectivity index (χ1v) is 9.48. The third-order valence-corrected chi connectivity index (χ3v) is 5.57. The summed E-state index contributed by atoms with van der Waals surface area (Å²) >= 11 is 1.21. The number of nitrogens with zero attached hydrogens (tertiary/aromatic N) is 2. The third kappa shape index (κ3) is 4.48. The van der Waals surface area contributed by atoms with Crippen LogP contribution in [-0.4, -0.2) is 40.8 Å². The van der Waals surface area contributed by atoms with Gasteiger partial charge in [0.05, 0.1) is 11.7 Å². The van der Waals surface area contributed by atoms with Crippen LogP contribution in [0.5, 0.6) is 0 Å². The summed E-state index contributed by atoms with van der Waals surface area (Å²) in [6, 6.07) is 3.17. The van der Waals surface area contributed by atoms with E-state index in [4.69, 9.17) is 5.73 Å². The molecule has 0 bridgehead atoms. The summed E-state index contributed by atoms with van der Waals surface area (Å²) in [5.41, 5.74) is 6.23. The van der Waals surface area contributed by atoms with Gasteiger partial charge in [-0.2, -0.15) is 0 Å². The molecule has 6 nitrogen and oxygen atoms in total. The van der Waals surface area contributed by atoms with E-state index in [1.54, 1.807) is 12.3 Å². The number of nitrogens with two attached hydrogens (primary N) is 1. The number of rotatable bonds is 5. The molecule has 144 valence electrons. The number of carbonyl (C=O) groups is 2. The number of carbonyl (C=O) groups excluding carboxylic acids is 2. The smallest absolute Gasteiger partial charge is 0.243 e. The number of primary amides is 1. The van der Waals surface area contributed by atoms with Crippen molar-refractivity contribution in [1.82, 2.24) is 9.88 Å². The van der Waals surface area contributed by atoms with Crippen LogP contribution in [0.3, 0.4) is 0 Å². The fourth-order valence-corrected chi connectivity index (χ4v) is 3.79. The Bertz CT molecular complexity index is 850. The number of benzene rings is 1. The number of hydrogen-bond acceptors (Lipinski definition) is 5. The van der Waals surface area contributed by atoms with Gasteiger partial charge in [0.2, 0.25) is 11.8 Å². The Morgan fingerprint density at radius 2 is 2.00 bits per heavy atom. The number of anilines is 1. The third-order valence-electron chi connectivity index (χ3n) is 4.81. The highest BCUT2D eigenvalue weighted by molar-refractivity contribution is 7.14. The van der Waals surface area contributed by atoms with Crippen LogP contribution in [-0.2, 0) is 9.59 Å². The summed E-state index contributed by atoms with van der Waals surface area (Å²) in [4.78, 5) is 30.0. The van der Waals surface area contributed by atoms with E-state index in [-0.39, 0.29) is 23.8 Å². The molecule has 3 rings (SSSR count). The number of halogens is 2. The van der Waals surface area contributed by atoms with E-state index in [9.17, 15) is 18.4 Å². The maximum atomic E-state index is 13.4. The van der Waals surface area contributed by atoms with Gasteiger partial charge >= 0.3 is 0 Å². The van der Waals surface area contributed by atoms with Gasteiger partial charge in [0.1, 0.15) is 0 Å². The van der Waals surface area contributed by atoms with Gasteiger partial charge in [-0.25, -0.2) is 13.8 Å². The van der Waals surface area contributed by atoms with Crippen LogP contribution >= 0.6 is 11.3 Å². The molecule has 0 saturated carbocycles. The van der Waals surface area contributed by atoms with Crippen molar-refractivity contribution in [3.63, 3.8) is 0 Å². The normalized spacial score (nSPS) is 16.9. The molecule has 1 saturated heterocycles. The van der Waals surface area contributed by atoms with Crippen LogP contribution in [0.25, 0.3) is 11.3 Å². The predicted molar refractivity (Wildman–Crippen MR) is 99.0 cm³/mol. The van der Waals surface area contributed by atoms with E-state index in [1.165, 1.54) is 17.4 Å². The Labute approximate surface area is 159 Å². The summed E-state index contributed by atoms with van der Waals surface area (Å²) in [6.07, 6.45) is 1.29. The van der Waals surface area contributed by atoms with Gasteiger partial charge in [0, 0.05) is 16.9 Å². The second-order valence-electron chi connectivity index (χ2n) is 6.54. The molecule has 0 aliphatic carbocycles. The monoisotopic (exact) mass is 394 g/mol. The molecule has 0 spiro atoms. The lowest BCUT2D eigenvalue weighted by molar-refractivity contribution is -0.124. The highest BCUT2D eigenvalue weighted by atomic mass is 32.1. The summed E-state index contributed by atoms with van der Waals surface area (Å²) in [5, 5.41) is 4.82. The van der Waals surface area contributed by atoms with Gasteiger partial charge in [-0.3, -0.25) is 14.5 Å². The van der Waals surface area contributed by atoms with Gasteiger partial charge in [-0.15, -0.1) is 11.3 Å². The molecule has 1 aromatic carbocycles. The fraction of sp³-hybridized carbons (Fsp3) is 0.389. The SMILES string of the molecule is CC(C(=O)Nc1nc(-c2ccc(F)c(F)c2)cs1)N1CCC(C(N)=O)CC1. The molecule has 1 aliphatic heterocycles. The van der Waals surface area contributed by atoms with Crippen LogP contribution in [0.2, 0.25) is 0 Å². The number of aromatic nitrogens is 1. The van der Waals surface area contributed by atoms with E-state index in [0.717, 1.165) is 12.1 Å². The first-order chi connectivity index (χ1) is 12.8. The zero-order valence-electron chi connectivity index (χ0n) is 14.7. The van der Waals surface area contributed by atoms with Crippen molar-refractivity contribution in [2.45, 2.75) is 25.8 Å². The van der Waals surface area contributed by atoms with Crippen molar-refractivity contribution in [3.8, 4) is 11.3 Å². The summed E-state index contributed by atoms with van der Waals surface area (Å²) in [5.74, 6) is -2.50. The van der Waals surface area contributed by atoms with Gasteiger partial charge in [-0.05, 0) is 51.1 Å². The number of hydrogen-bond donors (Lipinski definition) is 2. The first kappa shape index (κ1) is 19.4. The Kier molecular flexibility index (Phi) is 5.81. The van der Waals surface area contributed by atoms with Crippen LogP contribution in [0.1, 0.15) is 19.8 Å². The average Bonchev–Trinajstić information content (AvgIpc) is 3.11. The van der Waals surface area contributed by atoms with Crippen molar-refractivity contribution in [2.24, 2.45) is 11.7 Å². The Morgan fingerprint density at radius 1 is 1.30 bits per heavy atom. The minimum Gasteiger partial charge on any atom is -0.369 e. The average molecular weight is 394 g/mol. The van der Waals surface area contributed by atoms with Gasteiger partial charge in [-0.1, -0.05) is 0 Å². The highest BCUT2D eigenvalue weighted by Gasteiger charge is 2.29. The van der Waals surface area contributed by atoms with E-state index in [0.29, 0.717) is 42.3 Å². The lowest BCUT2D eigenvalue weighted by Crippen LogP contribution is -2.47.